The number of aromatic hydroxyl groups is 1. The number of hydrogen-bond acceptors (Lipinski definition) is 6. The van der Waals surface area contributed by atoms with Gasteiger partial charge >= 0.3 is 0 Å². The normalized spacial score (nSPS) is 16.2. The molecule has 0 saturated carbocycles. The Balaban J connectivity index is 1.74. The van der Waals surface area contributed by atoms with Crippen LogP contribution in [0.1, 0.15) is 59.3 Å². The maximum Gasteiger partial charge on any atom is 0.232 e. The Morgan fingerprint density at radius 2 is 1.91 bits per heavy atom. The van der Waals surface area contributed by atoms with Crippen LogP contribution in [0.25, 0.3) is 6.08 Å². The van der Waals surface area contributed by atoms with Crippen molar-refractivity contribution in [1.29, 1.82) is 0 Å². The highest BCUT2D eigenvalue weighted by Crippen LogP contribution is 2.43. The van der Waals surface area contributed by atoms with Gasteiger partial charge in [-0.05, 0) is 62.7 Å². The number of carbonyl (C=O) groups excluding carboxylic acids is 1. The smallest absolute Gasteiger partial charge is 0.232 e. The van der Waals surface area contributed by atoms with Crippen LogP contribution in [0.2, 0.25) is 5.02 Å². The molecule has 32 heavy (non-hydrogen) atoms. The predicted molar refractivity (Wildman–Crippen MR) is 123 cm³/mol. The van der Waals surface area contributed by atoms with Gasteiger partial charge < -0.3 is 19.3 Å². The van der Waals surface area contributed by atoms with Crippen LogP contribution in [-0.4, -0.2) is 35.7 Å². The molecular formula is C25H28ClNO5. The molecule has 0 amide bonds. The zero-order valence-electron chi connectivity index (χ0n) is 18.7. The number of allylic oxidation sites excluding steroid dienone is 1. The van der Waals surface area contributed by atoms with Crippen LogP contribution in [0, 0.1) is 6.92 Å². The van der Waals surface area contributed by atoms with E-state index in [-0.39, 0.29) is 24.1 Å². The molecule has 0 unspecified atom stereocenters. The summed E-state index contributed by atoms with van der Waals surface area (Å²) in [7, 11) is 0. The van der Waals surface area contributed by atoms with Crippen molar-refractivity contribution in [1.82, 2.24) is 4.90 Å². The van der Waals surface area contributed by atoms with Gasteiger partial charge in [-0.3, -0.25) is 9.69 Å². The summed E-state index contributed by atoms with van der Waals surface area (Å²) in [5.74, 6) is 1.20. The first-order valence-corrected chi connectivity index (χ1v) is 11.4. The van der Waals surface area contributed by atoms with E-state index < -0.39 is 0 Å². The van der Waals surface area contributed by atoms with Crippen LogP contribution in [0.5, 0.6) is 17.2 Å². The van der Waals surface area contributed by atoms with Crippen molar-refractivity contribution in [2.24, 2.45) is 0 Å². The first-order chi connectivity index (χ1) is 15.4. The molecule has 0 aliphatic carbocycles. The van der Waals surface area contributed by atoms with Gasteiger partial charge in [-0.15, -0.1) is 0 Å². The maximum atomic E-state index is 13.3. The summed E-state index contributed by atoms with van der Waals surface area (Å²) in [4.78, 5) is 15.6. The number of nitrogens with zero attached hydrogens (tertiary/aromatic N) is 1. The second-order valence-corrected chi connectivity index (χ2v) is 8.64. The van der Waals surface area contributed by atoms with Gasteiger partial charge in [-0.2, -0.15) is 0 Å². The van der Waals surface area contributed by atoms with E-state index in [4.69, 9.17) is 25.8 Å². The molecule has 6 nitrogen and oxygen atoms in total. The average Bonchev–Trinajstić information content (AvgIpc) is 3.07. The zero-order valence-corrected chi connectivity index (χ0v) is 19.4. The number of phenolic OH excluding ortho intramolecular Hbond substituents is 1. The molecule has 0 bridgehead atoms. The summed E-state index contributed by atoms with van der Waals surface area (Å²) in [6.45, 7) is 8.92. The Morgan fingerprint density at radius 1 is 1.16 bits per heavy atom. The van der Waals surface area contributed by atoms with Crippen molar-refractivity contribution in [3.05, 3.63) is 56.8 Å². The minimum absolute atomic E-state index is 0.141. The summed E-state index contributed by atoms with van der Waals surface area (Å²) in [5.41, 5.74) is 3.31. The summed E-state index contributed by atoms with van der Waals surface area (Å²) in [5, 5.41) is 11.2. The topological polar surface area (TPSA) is 68.2 Å². The largest absolute Gasteiger partial charge is 0.507 e. The average molecular weight is 458 g/mol. The lowest BCUT2D eigenvalue weighted by Crippen LogP contribution is -2.25. The van der Waals surface area contributed by atoms with Crippen molar-refractivity contribution in [2.45, 2.75) is 46.8 Å². The number of halogens is 1. The third kappa shape index (κ3) is 4.35. The van der Waals surface area contributed by atoms with Gasteiger partial charge in [0.25, 0.3) is 0 Å². The van der Waals surface area contributed by atoms with Crippen molar-refractivity contribution in [3.63, 3.8) is 0 Å². The van der Waals surface area contributed by atoms with E-state index in [2.05, 4.69) is 18.7 Å². The van der Waals surface area contributed by atoms with Gasteiger partial charge in [0.2, 0.25) is 5.78 Å². The Kier molecular flexibility index (Phi) is 6.74. The molecule has 2 heterocycles. The van der Waals surface area contributed by atoms with E-state index in [9.17, 15) is 9.90 Å². The molecule has 2 aliphatic rings. The van der Waals surface area contributed by atoms with Gasteiger partial charge in [-0.1, -0.05) is 25.4 Å². The van der Waals surface area contributed by atoms with Crippen LogP contribution in [-0.2, 0) is 17.9 Å². The van der Waals surface area contributed by atoms with Crippen molar-refractivity contribution < 1.29 is 24.1 Å². The van der Waals surface area contributed by atoms with Crippen molar-refractivity contribution in [2.75, 3.05) is 19.9 Å². The lowest BCUT2D eigenvalue weighted by molar-refractivity contribution is -0.0165. The van der Waals surface area contributed by atoms with Crippen LogP contribution >= 0.6 is 11.6 Å². The van der Waals surface area contributed by atoms with E-state index in [1.165, 1.54) is 0 Å². The Morgan fingerprint density at radius 3 is 2.62 bits per heavy atom. The van der Waals surface area contributed by atoms with Gasteiger partial charge in [0.1, 0.15) is 17.2 Å². The monoisotopic (exact) mass is 457 g/mol. The number of ether oxygens (including phenoxy) is 3. The fourth-order valence-corrected chi connectivity index (χ4v) is 4.57. The van der Waals surface area contributed by atoms with Gasteiger partial charge in [0.05, 0.1) is 17.7 Å². The molecule has 0 aromatic heterocycles. The molecule has 0 spiro atoms. The number of carbonyl (C=O) groups is 1. The molecule has 0 radical (unpaired) electrons. The van der Waals surface area contributed by atoms with Crippen LogP contribution < -0.4 is 9.47 Å². The number of ketones is 1. The minimum atomic E-state index is -0.211. The molecule has 4 rings (SSSR count). The first-order valence-electron chi connectivity index (χ1n) is 11.0. The van der Waals surface area contributed by atoms with Crippen LogP contribution in [0.4, 0.5) is 0 Å². The third-order valence-corrected chi connectivity index (χ3v) is 5.89. The molecular weight excluding hydrogens is 430 g/mol. The van der Waals surface area contributed by atoms with E-state index in [1.807, 2.05) is 6.92 Å². The van der Waals surface area contributed by atoms with Crippen molar-refractivity contribution in [3.8, 4) is 17.2 Å². The van der Waals surface area contributed by atoms with E-state index in [0.717, 1.165) is 31.5 Å². The number of hydrogen-bond donors (Lipinski definition) is 1. The van der Waals surface area contributed by atoms with E-state index in [0.29, 0.717) is 51.9 Å². The van der Waals surface area contributed by atoms with Gasteiger partial charge in [-0.25, -0.2) is 0 Å². The minimum Gasteiger partial charge on any atom is -0.507 e. The maximum absolute atomic E-state index is 13.3. The number of fused-ring (bicyclic) bond motifs is 2. The number of phenols is 1. The van der Waals surface area contributed by atoms with E-state index in [1.54, 1.807) is 24.3 Å². The van der Waals surface area contributed by atoms with Gasteiger partial charge in [0, 0.05) is 22.7 Å². The highest BCUT2D eigenvalue weighted by atomic mass is 35.5. The van der Waals surface area contributed by atoms with Crippen molar-refractivity contribution >= 4 is 23.5 Å². The molecule has 0 saturated heterocycles. The molecule has 170 valence electrons. The van der Waals surface area contributed by atoms with E-state index >= 15 is 0 Å². The number of benzene rings is 2. The zero-order chi connectivity index (χ0) is 22.8. The lowest BCUT2D eigenvalue weighted by atomic mass is 9.98. The molecule has 2 aliphatic heterocycles. The van der Waals surface area contributed by atoms with Crippen LogP contribution in [0.15, 0.2) is 24.0 Å². The summed E-state index contributed by atoms with van der Waals surface area (Å²) in [6, 6.07) is 5.18. The molecule has 2 aromatic rings. The Bertz CT molecular complexity index is 1070. The highest BCUT2D eigenvalue weighted by molar-refractivity contribution is 6.31. The fraction of sp³-hybridized carbons (Fsp3) is 0.400. The molecule has 7 heteroatoms. The first kappa shape index (κ1) is 22.6. The fourth-order valence-electron chi connectivity index (χ4n) is 4.32. The molecule has 0 fully saturated rings. The summed E-state index contributed by atoms with van der Waals surface area (Å²) >= 11 is 6.28. The predicted octanol–water partition coefficient (Wildman–Crippen LogP) is 5.46. The summed E-state index contributed by atoms with van der Waals surface area (Å²) in [6.07, 6.45) is 3.67. The number of rotatable bonds is 7. The molecule has 1 N–H and O–H groups in total. The molecule has 2 aromatic carbocycles. The second kappa shape index (κ2) is 9.53. The Labute approximate surface area is 193 Å². The highest BCUT2D eigenvalue weighted by Gasteiger charge is 2.34. The number of aryl methyl sites for hydroxylation is 1. The lowest BCUT2D eigenvalue weighted by Gasteiger charge is -2.23. The SMILES string of the molecule is CCCN(CCC)Cc1c(O)cc(C)c2c1O/C(=C/c1cc(Cl)cc3c1OCOC3)C2=O. The Hall–Kier alpha value is -2.54. The van der Waals surface area contributed by atoms with Gasteiger partial charge in [0.15, 0.2) is 12.6 Å². The summed E-state index contributed by atoms with van der Waals surface area (Å²) < 4.78 is 17.1. The second-order valence-electron chi connectivity index (χ2n) is 8.21. The molecule has 0 atom stereocenters. The van der Waals surface area contributed by atoms with Crippen LogP contribution in [0.3, 0.4) is 0 Å². The number of Topliss-reactive ketones (excluding diaryl/α,β-unsaturated/α-hetero) is 1. The third-order valence-electron chi connectivity index (χ3n) is 5.67. The quantitative estimate of drug-likeness (QED) is 0.557. The standard InChI is InChI=1S/C25H28ClNO5/c1-4-6-27(7-5-2)12-19-20(28)8-15(3)22-23(29)21(32-25(19)22)11-16-9-18(26)10-17-13-30-14-31-24(16)17/h8-11,28H,4-7,12-14H2,1-3H3/b21-11+.